The van der Waals surface area contributed by atoms with Crippen molar-refractivity contribution in [3.8, 4) is 0 Å². The van der Waals surface area contributed by atoms with Gasteiger partial charge in [-0.05, 0) is 30.5 Å². The first-order chi connectivity index (χ1) is 8.49. The quantitative estimate of drug-likeness (QED) is 0.778. The molecule has 2 rings (SSSR count). The Balaban J connectivity index is 2.11. The fourth-order valence-corrected chi connectivity index (χ4v) is 1.94. The molecule has 0 bridgehead atoms. The van der Waals surface area contributed by atoms with Crippen LogP contribution in [-0.4, -0.2) is 29.9 Å². The van der Waals surface area contributed by atoms with Crippen LogP contribution in [0.1, 0.15) is 22.7 Å². The van der Waals surface area contributed by atoms with Crippen molar-refractivity contribution in [2.45, 2.75) is 19.9 Å². The largest absolute Gasteiger partial charge is 0.329 e. The third kappa shape index (κ3) is 2.36. The average molecular weight is 247 g/mol. The predicted molar refractivity (Wildman–Crippen MR) is 68.0 cm³/mol. The van der Waals surface area contributed by atoms with Crippen LogP contribution in [0.25, 0.3) is 0 Å². The van der Waals surface area contributed by atoms with Gasteiger partial charge in [-0.3, -0.25) is 9.69 Å². The first-order valence-electron chi connectivity index (χ1n) is 5.90. The first kappa shape index (κ1) is 12.6. The second kappa shape index (κ2) is 4.78. The second-order valence-corrected chi connectivity index (χ2v) is 4.61. The van der Waals surface area contributed by atoms with Gasteiger partial charge < -0.3 is 11.1 Å². The molecule has 0 saturated carbocycles. The van der Waals surface area contributed by atoms with Crippen LogP contribution in [-0.2, 0) is 4.79 Å². The highest BCUT2D eigenvalue weighted by Crippen LogP contribution is 2.17. The summed E-state index contributed by atoms with van der Waals surface area (Å²) >= 11 is 0. The van der Waals surface area contributed by atoms with E-state index in [4.69, 9.17) is 5.73 Å². The van der Waals surface area contributed by atoms with E-state index in [1.54, 1.807) is 0 Å². The fourth-order valence-electron chi connectivity index (χ4n) is 1.94. The topological polar surface area (TPSA) is 75.4 Å². The molecular formula is C13H17N3O2. The summed E-state index contributed by atoms with van der Waals surface area (Å²) < 4.78 is 0. The molecule has 0 aliphatic carbocycles. The molecule has 18 heavy (non-hydrogen) atoms. The molecule has 1 aromatic rings. The summed E-state index contributed by atoms with van der Waals surface area (Å²) in [6.45, 7) is 4.33. The summed E-state index contributed by atoms with van der Waals surface area (Å²) in [6, 6.07) is 5.22. The lowest BCUT2D eigenvalue weighted by molar-refractivity contribution is -0.125. The molecule has 1 saturated heterocycles. The SMILES string of the molecule is Cc1ccc(C(N)CN2C(=O)CNC2=O)cc1C. The second-order valence-electron chi connectivity index (χ2n) is 4.61. The Kier molecular flexibility index (Phi) is 3.34. The number of rotatable bonds is 3. The molecule has 96 valence electrons. The number of nitrogens with one attached hydrogen (secondary N) is 1. The molecule has 0 spiro atoms. The Hall–Kier alpha value is -1.88. The third-order valence-electron chi connectivity index (χ3n) is 3.28. The van der Waals surface area contributed by atoms with Gasteiger partial charge in [0.2, 0.25) is 5.91 Å². The summed E-state index contributed by atoms with van der Waals surface area (Å²) in [5.74, 6) is -0.223. The van der Waals surface area contributed by atoms with Crippen LogP contribution in [0.4, 0.5) is 4.79 Å². The van der Waals surface area contributed by atoms with Gasteiger partial charge in [-0.15, -0.1) is 0 Å². The predicted octanol–water partition coefficient (Wildman–Crippen LogP) is 0.855. The highest BCUT2D eigenvalue weighted by molar-refractivity contribution is 6.01. The van der Waals surface area contributed by atoms with Gasteiger partial charge in [0, 0.05) is 12.6 Å². The van der Waals surface area contributed by atoms with Crippen LogP contribution in [0.2, 0.25) is 0 Å². The lowest BCUT2D eigenvalue weighted by Gasteiger charge is -2.19. The molecule has 1 aliphatic heterocycles. The van der Waals surface area contributed by atoms with Crippen molar-refractivity contribution >= 4 is 11.9 Å². The standard InChI is InChI=1S/C13H17N3O2/c1-8-3-4-10(5-9(8)2)11(14)7-16-12(17)6-15-13(16)18/h3-5,11H,6-7,14H2,1-2H3,(H,15,18). The summed E-state index contributed by atoms with van der Waals surface area (Å²) in [4.78, 5) is 24.0. The van der Waals surface area contributed by atoms with Crippen LogP contribution in [0.15, 0.2) is 18.2 Å². The van der Waals surface area contributed by atoms with Crippen LogP contribution >= 0.6 is 0 Å². The van der Waals surface area contributed by atoms with Crippen LogP contribution in [0.3, 0.4) is 0 Å². The number of hydrogen-bond donors (Lipinski definition) is 2. The number of carbonyl (C=O) groups excluding carboxylic acids is 2. The minimum Gasteiger partial charge on any atom is -0.329 e. The van der Waals surface area contributed by atoms with Crippen molar-refractivity contribution in [3.05, 3.63) is 34.9 Å². The third-order valence-corrected chi connectivity index (χ3v) is 3.28. The molecule has 1 unspecified atom stereocenters. The van der Waals surface area contributed by atoms with E-state index in [-0.39, 0.29) is 31.1 Å². The van der Waals surface area contributed by atoms with Crippen molar-refractivity contribution in [1.82, 2.24) is 10.2 Å². The van der Waals surface area contributed by atoms with Crippen molar-refractivity contribution in [3.63, 3.8) is 0 Å². The van der Waals surface area contributed by atoms with E-state index in [1.165, 1.54) is 10.5 Å². The molecule has 1 heterocycles. The minimum absolute atomic E-state index is 0.0679. The maximum Gasteiger partial charge on any atom is 0.324 e. The maximum atomic E-state index is 11.5. The molecule has 1 aliphatic rings. The monoisotopic (exact) mass is 247 g/mol. The summed E-state index contributed by atoms with van der Waals surface area (Å²) in [5, 5.41) is 2.48. The number of hydrogen-bond acceptors (Lipinski definition) is 3. The van der Waals surface area contributed by atoms with Crippen molar-refractivity contribution in [1.29, 1.82) is 0 Å². The van der Waals surface area contributed by atoms with Gasteiger partial charge in [-0.1, -0.05) is 18.2 Å². The van der Waals surface area contributed by atoms with Gasteiger partial charge >= 0.3 is 6.03 Å². The van der Waals surface area contributed by atoms with Crippen molar-refractivity contribution in [2.24, 2.45) is 5.73 Å². The van der Waals surface area contributed by atoms with Crippen LogP contribution < -0.4 is 11.1 Å². The minimum atomic E-state index is -0.362. The van der Waals surface area contributed by atoms with E-state index in [2.05, 4.69) is 5.32 Å². The first-order valence-corrected chi connectivity index (χ1v) is 5.90. The number of imide groups is 1. The zero-order valence-electron chi connectivity index (χ0n) is 10.6. The molecule has 5 nitrogen and oxygen atoms in total. The zero-order chi connectivity index (χ0) is 13.3. The van der Waals surface area contributed by atoms with E-state index in [9.17, 15) is 9.59 Å². The van der Waals surface area contributed by atoms with E-state index in [1.807, 2.05) is 32.0 Å². The lowest BCUT2D eigenvalue weighted by Crippen LogP contribution is -2.37. The van der Waals surface area contributed by atoms with E-state index in [0.717, 1.165) is 11.1 Å². The van der Waals surface area contributed by atoms with Crippen LogP contribution in [0, 0.1) is 13.8 Å². The number of carbonyl (C=O) groups is 2. The molecule has 3 amide bonds. The van der Waals surface area contributed by atoms with Gasteiger partial charge in [-0.2, -0.15) is 0 Å². The maximum absolute atomic E-state index is 11.5. The van der Waals surface area contributed by atoms with Gasteiger partial charge in [0.1, 0.15) is 0 Å². The Labute approximate surface area is 106 Å². The molecule has 0 radical (unpaired) electrons. The number of amides is 3. The molecule has 0 aromatic heterocycles. The van der Waals surface area contributed by atoms with Gasteiger partial charge in [-0.25, -0.2) is 4.79 Å². The van der Waals surface area contributed by atoms with Gasteiger partial charge in [0.05, 0.1) is 6.54 Å². The number of benzene rings is 1. The Morgan fingerprint density at radius 3 is 2.61 bits per heavy atom. The van der Waals surface area contributed by atoms with Crippen LogP contribution in [0.5, 0.6) is 0 Å². The Morgan fingerprint density at radius 1 is 1.33 bits per heavy atom. The molecular weight excluding hydrogens is 230 g/mol. The summed E-state index contributed by atoms with van der Waals surface area (Å²) in [6.07, 6.45) is 0. The average Bonchev–Trinajstić information content (AvgIpc) is 2.64. The fraction of sp³-hybridized carbons (Fsp3) is 0.385. The Bertz CT molecular complexity index is 483. The normalized spacial score (nSPS) is 16.9. The molecule has 1 atom stereocenters. The molecule has 1 aromatic carbocycles. The zero-order valence-corrected chi connectivity index (χ0v) is 10.6. The Morgan fingerprint density at radius 2 is 2.06 bits per heavy atom. The van der Waals surface area contributed by atoms with Crippen molar-refractivity contribution < 1.29 is 9.59 Å². The summed E-state index contributed by atoms with van der Waals surface area (Å²) in [5.41, 5.74) is 9.33. The van der Waals surface area contributed by atoms with Crippen molar-refractivity contribution in [2.75, 3.05) is 13.1 Å². The molecule has 3 N–H and O–H groups in total. The number of aryl methyl sites for hydroxylation is 2. The molecule has 1 fully saturated rings. The lowest BCUT2D eigenvalue weighted by atomic mass is 10.0. The highest BCUT2D eigenvalue weighted by atomic mass is 16.2. The van der Waals surface area contributed by atoms with E-state index >= 15 is 0 Å². The molecule has 5 heteroatoms. The highest BCUT2D eigenvalue weighted by Gasteiger charge is 2.29. The van der Waals surface area contributed by atoms with E-state index < -0.39 is 0 Å². The number of nitrogens with two attached hydrogens (primary N) is 1. The van der Waals surface area contributed by atoms with E-state index in [0.29, 0.717) is 0 Å². The van der Waals surface area contributed by atoms with Gasteiger partial charge in [0.15, 0.2) is 0 Å². The summed E-state index contributed by atoms with van der Waals surface area (Å²) in [7, 11) is 0. The number of urea groups is 1. The smallest absolute Gasteiger partial charge is 0.324 e. The number of nitrogens with zero attached hydrogens (tertiary/aromatic N) is 1. The van der Waals surface area contributed by atoms with Gasteiger partial charge in [0.25, 0.3) is 0 Å².